The van der Waals surface area contributed by atoms with Crippen LogP contribution in [0, 0.1) is 5.92 Å². The van der Waals surface area contributed by atoms with E-state index in [9.17, 15) is 4.79 Å². The Balaban J connectivity index is 2.34. The number of urea groups is 1. The molecule has 2 N–H and O–H groups in total. The largest absolute Gasteiger partial charge is 0.396 e. The summed E-state index contributed by atoms with van der Waals surface area (Å²) < 4.78 is 0. The predicted octanol–water partition coefficient (Wildman–Crippen LogP) is 2.76. The van der Waals surface area contributed by atoms with Crippen molar-refractivity contribution in [1.29, 1.82) is 0 Å². The first-order chi connectivity index (χ1) is 9.21. The van der Waals surface area contributed by atoms with Crippen molar-refractivity contribution in [2.24, 2.45) is 5.92 Å². The summed E-state index contributed by atoms with van der Waals surface area (Å²) in [6.45, 7) is 6.17. The van der Waals surface area contributed by atoms with Crippen molar-refractivity contribution < 1.29 is 9.90 Å². The van der Waals surface area contributed by atoms with Gasteiger partial charge in [0.15, 0.2) is 0 Å². The Morgan fingerprint density at radius 2 is 1.95 bits per heavy atom. The molecule has 0 aromatic carbocycles. The number of carbonyl (C=O) groups excluding carboxylic acids is 1. The van der Waals surface area contributed by atoms with Crippen molar-refractivity contribution in [1.82, 2.24) is 10.2 Å². The summed E-state index contributed by atoms with van der Waals surface area (Å²) in [5.74, 6) is 0.385. The first-order valence-corrected chi connectivity index (χ1v) is 7.87. The fraction of sp³-hybridized carbons (Fsp3) is 0.933. The number of likely N-dealkylation sites (tertiary alicyclic amines) is 1. The molecule has 1 aliphatic heterocycles. The number of unbranched alkanes of at least 4 members (excludes halogenated alkanes) is 1. The number of piperidine rings is 1. The van der Waals surface area contributed by atoms with Gasteiger partial charge in [-0.3, -0.25) is 0 Å². The highest BCUT2D eigenvalue weighted by Crippen LogP contribution is 2.17. The highest BCUT2D eigenvalue weighted by molar-refractivity contribution is 5.74. The minimum Gasteiger partial charge on any atom is -0.396 e. The second-order valence-corrected chi connectivity index (χ2v) is 5.69. The number of aliphatic hydroxyl groups is 1. The number of carbonyl (C=O) groups is 1. The van der Waals surface area contributed by atoms with Gasteiger partial charge >= 0.3 is 6.03 Å². The van der Waals surface area contributed by atoms with Crippen molar-refractivity contribution in [2.75, 3.05) is 19.7 Å². The molecule has 4 heteroatoms. The maximum atomic E-state index is 12.2. The minimum absolute atomic E-state index is 0.0888. The third kappa shape index (κ3) is 5.81. The van der Waals surface area contributed by atoms with Crippen LogP contribution in [0.25, 0.3) is 0 Å². The van der Waals surface area contributed by atoms with E-state index in [1.807, 2.05) is 4.90 Å². The monoisotopic (exact) mass is 270 g/mol. The van der Waals surface area contributed by atoms with Crippen molar-refractivity contribution in [2.45, 2.75) is 64.8 Å². The Morgan fingerprint density at radius 1 is 1.26 bits per heavy atom. The quantitative estimate of drug-likeness (QED) is 0.747. The van der Waals surface area contributed by atoms with Crippen LogP contribution < -0.4 is 5.32 Å². The Bertz CT molecular complexity index is 251. The van der Waals surface area contributed by atoms with Gasteiger partial charge in [0, 0.05) is 25.7 Å². The van der Waals surface area contributed by atoms with Crippen LogP contribution in [0.4, 0.5) is 4.79 Å². The number of hydrogen-bond donors (Lipinski definition) is 2. The molecule has 4 nitrogen and oxygen atoms in total. The average Bonchev–Trinajstić information content (AvgIpc) is 2.45. The number of nitrogens with one attached hydrogen (secondary N) is 1. The van der Waals surface area contributed by atoms with E-state index in [0.29, 0.717) is 12.0 Å². The van der Waals surface area contributed by atoms with Gasteiger partial charge in [0.05, 0.1) is 0 Å². The molecule has 0 radical (unpaired) electrons. The summed E-state index contributed by atoms with van der Waals surface area (Å²) in [4.78, 5) is 14.1. The summed E-state index contributed by atoms with van der Waals surface area (Å²) in [7, 11) is 0. The van der Waals surface area contributed by atoms with E-state index in [0.717, 1.165) is 45.2 Å². The normalized spacial score (nSPS) is 18.4. The second-order valence-electron chi connectivity index (χ2n) is 5.69. The lowest BCUT2D eigenvalue weighted by atomic mass is 9.98. The second kappa shape index (κ2) is 9.18. The molecule has 19 heavy (non-hydrogen) atoms. The number of rotatable bonds is 7. The molecular formula is C15H30N2O2. The Morgan fingerprint density at radius 3 is 2.47 bits per heavy atom. The Hall–Kier alpha value is -0.770. The van der Waals surface area contributed by atoms with Gasteiger partial charge in [-0.1, -0.05) is 33.1 Å². The predicted molar refractivity (Wildman–Crippen MR) is 78.1 cm³/mol. The molecule has 0 aromatic rings. The number of hydrogen-bond acceptors (Lipinski definition) is 2. The molecule has 1 aliphatic rings. The topological polar surface area (TPSA) is 52.6 Å². The number of amides is 2. The molecule has 1 saturated heterocycles. The maximum Gasteiger partial charge on any atom is 0.317 e. The summed E-state index contributed by atoms with van der Waals surface area (Å²) in [5.41, 5.74) is 0. The lowest BCUT2D eigenvalue weighted by Gasteiger charge is -2.32. The van der Waals surface area contributed by atoms with Crippen molar-refractivity contribution in [3.8, 4) is 0 Å². The summed E-state index contributed by atoms with van der Waals surface area (Å²) >= 11 is 0. The molecule has 1 fully saturated rings. The van der Waals surface area contributed by atoms with Crippen LogP contribution in [0.1, 0.15) is 58.8 Å². The van der Waals surface area contributed by atoms with Gasteiger partial charge in [0.1, 0.15) is 0 Å². The van der Waals surface area contributed by atoms with Gasteiger partial charge in [0.2, 0.25) is 0 Å². The lowest BCUT2D eigenvalue weighted by Crippen LogP contribution is -2.48. The molecular weight excluding hydrogens is 240 g/mol. The van der Waals surface area contributed by atoms with Crippen LogP contribution in [-0.4, -0.2) is 41.8 Å². The van der Waals surface area contributed by atoms with Crippen LogP contribution in [0.3, 0.4) is 0 Å². The molecule has 0 saturated carbocycles. The van der Waals surface area contributed by atoms with Crippen LogP contribution in [-0.2, 0) is 0 Å². The van der Waals surface area contributed by atoms with Crippen molar-refractivity contribution in [3.05, 3.63) is 0 Å². The Labute approximate surface area is 117 Å². The minimum atomic E-state index is 0.0888. The van der Waals surface area contributed by atoms with E-state index in [1.54, 1.807) is 0 Å². The van der Waals surface area contributed by atoms with Gasteiger partial charge in [-0.2, -0.15) is 0 Å². The van der Waals surface area contributed by atoms with Gasteiger partial charge in [-0.15, -0.1) is 0 Å². The van der Waals surface area contributed by atoms with Gasteiger partial charge < -0.3 is 15.3 Å². The van der Waals surface area contributed by atoms with E-state index in [4.69, 9.17) is 5.11 Å². The van der Waals surface area contributed by atoms with E-state index >= 15 is 0 Å². The van der Waals surface area contributed by atoms with Crippen LogP contribution in [0.15, 0.2) is 0 Å². The van der Waals surface area contributed by atoms with Gasteiger partial charge in [0.25, 0.3) is 0 Å². The summed E-state index contributed by atoms with van der Waals surface area (Å²) in [6.07, 6.45) is 7.48. The standard InChI is InChI=1S/C15H30N2O2/c1-3-5-7-14(6-4-2)16-15(19)17-10-8-13(12-18)9-11-17/h13-14,18H,3-12H2,1-2H3,(H,16,19). The zero-order valence-electron chi connectivity index (χ0n) is 12.5. The molecule has 0 spiro atoms. The van der Waals surface area contributed by atoms with Crippen LogP contribution in [0.2, 0.25) is 0 Å². The molecule has 1 atom stereocenters. The molecule has 1 heterocycles. The molecule has 2 amide bonds. The summed E-state index contributed by atoms with van der Waals surface area (Å²) in [6, 6.07) is 0.416. The lowest BCUT2D eigenvalue weighted by molar-refractivity contribution is 0.135. The third-order valence-corrected chi connectivity index (χ3v) is 4.03. The van der Waals surface area contributed by atoms with Gasteiger partial charge in [-0.05, 0) is 31.6 Å². The molecule has 1 rings (SSSR count). The number of nitrogens with zero attached hydrogens (tertiary/aromatic N) is 1. The molecule has 0 aromatic heterocycles. The zero-order valence-corrected chi connectivity index (χ0v) is 12.5. The van der Waals surface area contributed by atoms with E-state index in [1.165, 1.54) is 12.8 Å². The van der Waals surface area contributed by atoms with Crippen LogP contribution in [0.5, 0.6) is 0 Å². The highest BCUT2D eigenvalue weighted by Gasteiger charge is 2.23. The molecule has 1 unspecified atom stereocenters. The van der Waals surface area contributed by atoms with E-state index < -0.39 is 0 Å². The molecule has 112 valence electrons. The smallest absolute Gasteiger partial charge is 0.317 e. The van der Waals surface area contributed by atoms with Crippen molar-refractivity contribution >= 4 is 6.03 Å². The zero-order chi connectivity index (χ0) is 14.1. The van der Waals surface area contributed by atoms with Crippen molar-refractivity contribution in [3.63, 3.8) is 0 Å². The molecule has 0 aliphatic carbocycles. The Kier molecular flexibility index (Phi) is 7.87. The average molecular weight is 270 g/mol. The van der Waals surface area contributed by atoms with E-state index in [-0.39, 0.29) is 12.6 Å². The first-order valence-electron chi connectivity index (χ1n) is 7.87. The van der Waals surface area contributed by atoms with E-state index in [2.05, 4.69) is 19.2 Å². The maximum absolute atomic E-state index is 12.2. The fourth-order valence-electron chi connectivity index (χ4n) is 2.67. The SMILES string of the molecule is CCCCC(CCC)NC(=O)N1CCC(CO)CC1. The highest BCUT2D eigenvalue weighted by atomic mass is 16.3. The van der Waals surface area contributed by atoms with Gasteiger partial charge in [-0.25, -0.2) is 4.79 Å². The first kappa shape index (κ1) is 16.3. The molecule has 0 bridgehead atoms. The summed E-state index contributed by atoms with van der Waals surface area (Å²) in [5, 5.41) is 12.3. The third-order valence-electron chi connectivity index (χ3n) is 4.03. The number of aliphatic hydroxyl groups excluding tert-OH is 1. The van der Waals surface area contributed by atoms with Crippen LogP contribution >= 0.6 is 0 Å². The fourth-order valence-corrected chi connectivity index (χ4v) is 2.67.